The van der Waals surface area contributed by atoms with Gasteiger partial charge in [-0.25, -0.2) is 0 Å². The van der Waals surface area contributed by atoms with Gasteiger partial charge in [0.2, 0.25) is 5.91 Å². The van der Waals surface area contributed by atoms with Crippen molar-refractivity contribution >= 4 is 18.5 Å². The van der Waals surface area contributed by atoms with Gasteiger partial charge in [0.15, 0.2) is 0 Å². The Bertz CT molecular complexity index is 295. The van der Waals surface area contributed by atoms with Crippen LogP contribution in [0.5, 0.6) is 0 Å². The molecule has 0 radical (unpaired) electrons. The molecule has 0 aliphatic carbocycles. The summed E-state index contributed by atoms with van der Waals surface area (Å²) in [5.74, 6) is 1.09. The van der Waals surface area contributed by atoms with Crippen molar-refractivity contribution < 1.29 is 4.79 Å². The highest BCUT2D eigenvalue weighted by Crippen LogP contribution is 2.30. The third-order valence-electron chi connectivity index (χ3n) is 3.83. The SMILES string of the molecule is C.CCC(=O)NCC(C)(C)CC(C)(C)S.CCCCC(C)CCC. The average molecular weight is 362 g/mol. The quantitative estimate of drug-likeness (QED) is 0.408. The molecule has 0 aromatic rings. The molecule has 1 N–H and O–H groups in total. The largest absolute Gasteiger partial charge is 0.356 e. The van der Waals surface area contributed by atoms with E-state index in [4.69, 9.17) is 0 Å². The second kappa shape index (κ2) is 15.1. The Labute approximate surface area is 159 Å². The molecule has 24 heavy (non-hydrogen) atoms. The van der Waals surface area contributed by atoms with Crippen LogP contribution in [0.2, 0.25) is 0 Å². The van der Waals surface area contributed by atoms with E-state index in [1.165, 1.54) is 32.1 Å². The van der Waals surface area contributed by atoms with Crippen molar-refractivity contribution in [3.05, 3.63) is 0 Å². The molecular weight excluding hydrogens is 314 g/mol. The molecular formula is C21H47NOS. The number of carbonyl (C=O) groups is 1. The molecule has 0 rings (SSSR count). The van der Waals surface area contributed by atoms with Crippen molar-refractivity contribution in [3.63, 3.8) is 0 Å². The van der Waals surface area contributed by atoms with Gasteiger partial charge in [-0.05, 0) is 17.8 Å². The van der Waals surface area contributed by atoms with E-state index < -0.39 is 0 Å². The van der Waals surface area contributed by atoms with Gasteiger partial charge in [0.1, 0.15) is 0 Å². The molecule has 0 bridgehead atoms. The van der Waals surface area contributed by atoms with Crippen molar-refractivity contribution in [2.75, 3.05) is 6.54 Å². The van der Waals surface area contributed by atoms with Crippen LogP contribution in [0.1, 0.15) is 108 Å². The minimum atomic E-state index is 0. The average Bonchev–Trinajstić information content (AvgIpc) is 2.41. The lowest BCUT2D eigenvalue weighted by Gasteiger charge is -2.31. The molecule has 0 heterocycles. The van der Waals surface area contributed by atoms with E-state index in [0.29, 0.717) is 6.42 Å². The lowest BCUT2D eigenvalue weighted by Crippen LogP contribution is -2.36. The van der Waals surface area contributed by atoms with Gasteiger partial charge >= 0.3 is 0 Å². The van der Waals surface area contributed by atoms with Gasteiger partial charge in [-0.15, -0.1) is 0 Å². The Morgan fingerprint density at radius 3 is 1.96 bits per heavy atom. The number of amides is 1. The highest BCUT2D eigenvalue weighted by atomic mass is 32.1. The zero-order valence-corrected chi connectivity index (χ0v) is 18.0. The van der Waals surface area contributed by atoms with Crippen molar-refractivity contribution in [2.24, 2.45) is 11.3 Å². The fourth-order valence-corrected chi connectivity index (χ4v) is 3.31. The van der Waals surface area contributed by atoms with E-state index in [9.17, 15) is 4.79 Å². The first-order valence-corrected chi connectivity index (χ1v) is 9.91. The monoisotopic (exact) mass is 361 g/mol. The van der Waals surface area contributed by atoms with Crippen molar-refractivity contribution in [2.45, 2.75) is 113 Å². The number of nitrogens with one attached hydrogen (secondary N) is 1. The van der Waals surface area contributed by atoms with E-state index in [-0.39, 0.29) is 23.5 Å². The van der Waals surface area contributed by atoms with E-state index in [1.807, 2.05) is 6.92 Å². The fourth-order valence-electron chi connectivity index (χ4n) is 2.89. The molecule has 0 saturated carbocycles. The molecule has 0 spiro atoms. The van der Waals surface area contributed by atoms with E-state index in [0.717, 1.165) is 18.9 Å². The van der Waals surface area contributed by atoms with E-state index in [2.05, 4.69) is 66.4 Å². The Kier molecular flexibility index (Phi) is 18.0. The van der Waals surface area contributed by atoms with Gasteiger partial charge < -0.3 is 5.32 Å². The van der Waals surface area contributed by atoms with Crippen LogP contribution in [-0.2, 0) is 4.79 Å². The maximum Gasteiger partial charge on any atom is 0.219 e. The van der Waals surface area contributed by atoms with Gasteiger partial charge in [-0.2, -0.15) is 12.6 Å². The lowest BCUT2D eigenvalue weighted by atomic mass is 9.83. The summed E-state index contributed by atoms with van der Waals surface area (Å²) in [6.07, 6.45) is 8.51. The van der Waals surface area contributed by atoms with Crippen LogP contribution >= 0.6 is 12.6 Å². The summed E-state index contributed by atoms with van der Waals surface area (Å²) in [5.41, 5.74) is 0.107. The van der Waals surface area contributed by atoms with Gasteiger partial charge in [0, 0.05) is 17.7 Å². The Balaban J connectivity index is -0.000000385. The molecule has 0 aromatic carbocycles. The molecule has 0 saturated heterocycles. The maximum absolute atomic E-state index is 11.1. The molecule has 1 amide bonds. The summed E-state index contributed by atoms with van der Waals surface area (Å²) in [4.78, 5) is 11.1. The minimum absolute atomic E-state index is 0. The Morgan fingerprint density at radius 2 is 1.58 bits per heavy atom. The minimum Gasteiger partial charge on any atom is -0.356 e. The zero-order chi connectivity index (χ0) is 18.5. The van der Waals surface area contributed by atoms with Crippen LogP contribution in [-0.4, -0.2) is 17.2 Å². The molecule has 0 aliphatic rings. The molecule has 0 aromatic heterocycles. The predicted molar refractivity (Wildman–Crippen MR) is 115 cm³/mol. The fraction of sp³-hybridized carbons (Fsp3) is 0.952. The summed E-state index contributed by atoms with van der Waals surface area (Å²) < 4.78 is 0.0143. The number of hydrogen-bond donors (Lipinski definition) is 2. The summed E-state index contributed by atoms with van der Waals surface area (Å²) in [5, 5.41) is 2.92. The van der Waals surface area contributed by atoms with Crippen LogP contribution in [0.15, 0.2) is 0 Å². The number of rotatable bonds is 10. The number of thiol groups is 1. The van der Waals surface area contributed by atoms with Crippen LogP contribution in [0.25, 0.3) is 0 Å². The second-order valence-electron chi connectivity index (χ2n) is 8.32. The molecule has 148 valence electrons. The topological polar surface area (TPSA) is 29.1 Å². The van der Waals surface area contributed by atoms with Crippen molar-refractivity contribution in [1.82, 2.24) is 5.32 Å². The molecule has 1 atom stereocenters. The summed E-state index contributed by atoms with van der Waals surface area (Å²) in [6, 6.07) is 0. The normalized spacial score (nSPS) is 12.5. The summed E-state index contributed by atoms with van der Waals surface area (Å²) >= 11 is 4.50. The van der Waals surface area contributed by atoms with Gasteiger partial charge in [0.25, 0.3) is 0 Å². The van der Waals surface area contributed by atoms with Crippen LogP contribution in [0, 0.1) is 11.3 Å². The molecule has 3 heteroatoms. The highest BCUT2D eigenvalue weighted by Gasteiger charge is 2.26. The van der Waals surface area contributed by atoms with Crippen LogP contribution < -0.4 is 5.32 Å². The third kappa shape index (κ3) is 21.8. The van der Waals surface area contributed by atoms with Gasteiger partial charge in [-0.3, -0.25) is 4.79 Å². The maximum atomic E-state index is 11.1. The number of hydrogen-bond acceptors (Lipinski definition) is 2. The number of unbranched alkanes of at least 4 members (excludes halogenated alkanes) is 1. The van der Waals surface area contributed by atoms with Crippen LogP contribution in [0.4, 0.5) is 0 Å². The molecule has 2 nitrogen and oxygen atoms in total. The first-order valence-electron chi connectivity index (χ1n) is 9.46. The first-order chi connectivity index (χ1) is 10.5. The zero-order valence-electron chi connectivity index (χ0n) is 17.1. The van der Waals surface area contributed by atoms with Crippen molar-refractivity contribution in [3.8, 4) is 0 Å². The van der Waals surface area contributed by atoms with E-state index in [1.54, 1.807) is 0 Å². The van der Waals surface area contributed by atoms with Gasteiger partial charge in [0.05, 0.1) is 0 Å². The Hall–Kier alpha value is -0.180. The number of carbonyl (C=O) groups excluding carboxylic acids is 1. The third-order valence-corrected chi connectivity index (χ3v) is 3.99. The van der Waals surface area contributed by atoms with Gasteiger partial charge in [-0.1, -0.05) is 94.9 Å². The molecule has 0 fully saturated rings. The highest BCUT2D eigenvalue weighted by molar-refractivity contribution is 7.81. The lowest BCUT2D eigenvalue weighted by molar-refractivity contribution is -0.121. The smallest absolute Gasteiger partial charge is 0.219 e. The standard InChI is InChI=1S/C11H23NOS.C9H20.CH4/c1-6-9(13)12-8-10(2,3)7-11(4,5)14;1-4-6-8-9(3)7-5-2;/h14H,6-8H2,1-5H3,(H,12,13);9H,4-8H2,1-3H3;1H4. The predicted octanol–water partition coefficient (Wildman–Crippen LogP) is 6.89. The molecule has 0 aliphatic heterocycles. The summed E-state index contributed by atoms with van der Waals surface area (Å²) in [6.45, 7) is 18.0. The van der Waals surface area contributed by atoms with E-state index >= 15 is 0 Å². The molecule has 1 unspecified atom stereocenters. The Morgan fingerprint density at radius 1 is 1.04 bits per heavy atom. The van der Waals surface area contributed by atoms with Crippen LogP contribution in [0.3, 0.4) is 0 Å². The second-order valence-corrected chi connectivity index (χ2v) is 9.53. The first kappa shape index (κ1) is 28.6. The summed E-state index contributed by atoms with van der Waals surface area (Å²) in [7, 11) is 0. The van der Waals surface area contributed by atoms with Crippen molar-refractivity contribution in [1.29, 1.82) is 0 Å².